The quantitative estimate of drug-likeness (QED) is 0.910. The molecule has 126 valence electrons. The zero-order valence-corrected chi connectivity index (χ0v) is 12.7. The van der Waals surface area contributed by atoms with Crippen LogP contribution in [-0.4, -0.2) is 30.2 Å². The van der Waals surface area contributed by atoms with Crippen molar-refractivity contribution in [1.29, 1.82) is 0 Å². The third kappa shape index (κ3) is 4.05. The first-order valence-corrected chi connectivity index (χ1v) is 7.52. The van der Waals surface area contributed by atoms with E-state index in [1.807, 2.05) is 0 Å². The number of ether oxygens (including phenoxy) is 2. The number of anilines is 1. The lowest BCUT2D eigenvalue weighted by Crippen LogP contribution is -2.17. The van der Waals surface area contributed by atoms with E-state index in [4.69, 9.17) is 9.47 Å². The second kappa shape index (κ2) is 7.35. The highest BCUT2D eigenvalue weighted by Gasteiger charge is 2.18. The molecule has 7 heteroatoms. The third-order valence-electron chi connectivity index (χ3n) is 3.57. The van der Waals surface area contributed by atoms with Gasteiger partial charge in [0.25, 0.3) is 12.3 Å². The molecule has 1 aromatic heterocycles. The maximum Gasteiger partial charge on any atom is 0.263 e. The van der Waals surface area contributed by atoms with Crippen molar-refractivity contribution in [2.75, 3.05) is 18.5 Å². The smallest absolute Gasteiger partial charge is 0.263 e. The van der Waals surface area contributed by atoms with Gasteiger partial charge in [0.05, 0.1) is 13.2 Å². The molecule has 0 radical (unpaired) electrons. The highest BCUT2D eigenvalue weighted by molar-refractivity contribution is 6.04. The summed E-state index contributed by atoms with van der Waals surface area (Å²) in [4.78, 5) is 16.4. The first-order chi connectivity index (χ1) is 11.6. The molecule has 1 aliphatic rings. The van der Waals surface area contributed by atoms with Gasteiger partial charge in [0.15, 0.2) is 0 Å². The average Bonchev–Trinajstić information content (AvgIpc) is 3.08. The highest BCUT2D eigenvalue weighted by atomic mass is 19.3. The molecule has 5 nitrogen and oxygen atoms in total. The molecule has 0 spiro atoms. The van der Waals surface area contributed by atoms with Crippen LogP contribution in [0.15, 0.2) is 42.6 Å². The van der Waals surface area contributed by atoms with Gasteiger partial charge in [-0.25, -0.2) is 13.8 Å². The molecule has 1 fully saturated rings. The lowest BCUT2D eigenvalue weighted by atomic mass is 10.2. The number of carbonyl (C=O) groups is 1. The molecule has 1 atom stereocenters. The largest absolute Gasteiger partial charge is 0.472 e. The standard InChI is InChI=1S/C17H16F2N2O3/c18-16(19)11-2-1-3-13(8-11)21-17(22)12-4-6-20-15(9-12)24-14-5-7-23-10-14/h1-4,6,8-9,14,16H,5,7,10H2,(H,21,22)/t14-/m1/s1. The third-order valence-corrected chi connectivity index (χ3v) is 3.57. The minimum Gasteiger partial charge on any atom is -0.472 e. The number of pyridine rings is 1. The summed E-state index contributed by atoms with van der Waals surface area (Å²) in [6, 6.07) is 8.63. The minimum atomic E-state index is -2.59. The van der Waals surface area contributed by atoms with E-state index in [-0.39, 0.29) is 11.7 Å². The fourth-order valence-corrected chi connectivity index (χ4v) is 2.35. The lowest BCUT2D eigenvalue weighted by Gasteiger charge is -2.12. The van der Waals surface area contributed by atoms with Gasteiger partial charge in [-0.2, -0.15) is 0 Å². The van der Waals surface area contributed by atoms with Crippen molar-refractivity contribution in [3.63, 3.8) is 0 Å². The molecule has 2 aromatic rings. The maximum absolute atomic E-state index is 12.7. The van der Waals surface area contributed by atoms with Crippen LogP contribution < -0.4 is 10.1 Å². The first-order valence-electron chi connectivity index (χ1n) is 7.52. The Morgan fingerprint density at radius 1 is 1.33 bits per heavy atom. The molecule has 1 aromatic carbocycles. The van der Waals surface area contributed by atoms with Gasteiger partial charge in [0, 0.05) is 35.5 Å². The minimum absolute atomic E-state index is 0.0708. The second-order valence-electron chi connectivity index (χ2n) is 5.37. The van der Waals surface area contributed by atoms with Gasteiger partial charge in [-0.3, -0.25) is 4.79 Å². The van der Waals surface area contributed by atoms with Crippen LogP contribution in [0.2, 0.25) is 0 Å². The van der Waals surface area contributed by atoms with Gasteiger partial charge < -0.3 is 14.8 Å². The summed E-state index contributed by atoms with van der Waals surface area (Å²) in [6.07, 6.45) is -0.413. The topological polar surface area (TPSA) is 60.5 Å². The van der Waals surface area contributed by atoms with Gasteiger partial charge in [-0.15, -0.1) is 0 Å². The van der Waals surface area contributed by atoms with Crippen LogP contribution in [0.4, 0.5) is 14.5 Å². The van der Waals surface area contributed by atoms with E-state index < -0.39 is 12.3 Å². The van der Waals surface area contributed by atoms with Crippen LogP contribution in [0.1, 0.15) is 28.8 Å². The number of halogens is 2. The average molecular weight is 334 g/mol. The monoisotopic (exact) mass is 334 g/mol. The van der Waals surface area contributed by atoms with E-state index >= 15 is 0 Å². The Labute approximate surface area is 137 Å². The van der Waals surface area contributed by atoms with Crippen molar-refractivity contribution in [2.24, 2.45) is 0 Å². The molecule has 2 heterocycles. The van der Waals surface area contributed by atoms with E-state index in [0.29, 0.717) is 30.3 Å². The summed E-state index contributed by atoms with van der Waals surface area (Å²) in [5.41, 5.74) is 0.496. The fraction of sp³-hybridized carbons (Fsp3) is 0.294. The van der Waals surface area contributed by atoms with Crippen LogP contribution in [0.3, 0.4) is 0 Å². The van der Waals surface area contributed by atoms with E-state index in [1.54, 1.807) is 6.07 Å². The fourth-order valence-electron chi connectivity index (χ4n) is 2.35. The SMILES string of the molecule is O=C(Nc1cccc(C(F)F)c1)c1ccnc(O[C@@H]2CCOC2)c1. The van der Waals surface area contributed by atoms with Gasteiger partial charge >= 0.3 is 0 Å². The molecular formula is C17H16F2N2O3. The predicted molar refractivity (Wildman–Crippen MR) is 83.4 cm³/mol. The predicted octanol–water partition coefficient (Wildman–Crippen LogP) is 3.44. The van der Waals surface area contributed by atoms with Crippen molar-refractivity contribution >= 4 is 11.6 Å². The number of aromatic nitrogens is 1. The first kappa shape index (κ1) is 16.3. The number of hydrogen-bond acceptors (Lipinski definition) is 4. The van der Waals surface area contributed by atoms with Crippen LogP contribution in [0.25, 0.3) is 0 Å². The van der Waals surface area contributed by atoms with E-state index in [9.17, 15) is 13.6 Å². The molecule has 0 bridgehead atoms. The molecule has 1 N–H and O–H groups in total. The Morgan fingerprint density at radius 3 is 2.96 bits per heavy atom. The molecule has 0 unspecified atom stereocenters. The number of nitrogens with zero attached hydrogens (tertiary/aromatic N) is 1. The van der Waals surface area contributed by atoms with Crippen LogP contribution in [-0.2, 0) is 4.74 Å². The highest BCUT2D eigenvalue weighted by Crippen LogP contribution is 2.22. The van der Waals surface area contributed by atoms with Crippen LogP contribution in [0.5, 0.6) is 5.88 Å². The van der Waals surface area contributed by atoms with Crippen LogP contribution >= 0.6 is 0 Å². The Morgan fingerprint density at radius 2 is 2.21 bits per heavy atom. The maximum atomic E-state index is 12.7. The number of rotatable bonds is 5. The van der Waals surface area contributed by atoms with Crippen molar-refractivity contribution in [2.45, 2.75) is 19.0 Å². The van der Waals surface area contributed by atoms with Gasteiger partial charge in [-0.05, 0) is 18.2 Å². The second-order valence-corrected chi connectivity index (χ2v) is 5.37. The van der Waals surface area contributed by atoms with Gasteiger partial charge in [0.2, 0.25) is 5.88 Å². The summed E-state index contributed by atoms with van der Waals surface area (Å²) in [6.45, 7) is 1.14. The summed E-state index contributed by atoms with van der Waals surface area (Å²) >= 11 is 0. The molecule has 3 rings (SSSR count). The number of nitrogens with one attached hydrogen (secondary N) is 1. The lowest BCUT2D eigenvalue weighted by molar-refractivity contribution is 0.102. The molecule has 24 heavy (non-hydrogen) atoms. The Kier molecular flexibility index (Phi) is 5.00. The van der Waals surface area contributed by atoms with Crippen molar-refractivity contribution in [1.82, 2.24) is 4.98 Å². The van der Waals surface area contributed by atoms with E-state index in [1.165, 1.54) is 36.5 Å². The molecule has 1 amide bonds. The zero-order chi connectivity index (χ0) is 16.9. The van der Waals surface area contributed by atoms with Crippen LogP contribution in [0, 0.1) is 0 Å². The number of alkyl halides is 2. The molecule has 0 aliphatic carbocycles. The Balaban J connectivity index is 1.69. The van der Waals surface area contributed by atoms with E-state index in [0.717, 1.165) is 6.42 Å². The van der Waals surface area contributed by atoms with Crippen molar-refractivity contribution < 1.29 is 23.0 Å². The van der Waals surface area contributed by atoms with Gasteiger partial charge in [-0.1, -0.05) is 12.1 Å². The molecule has 1 saturated heterocycles. The normalized spacial score (nSPS) is 17.0. The zero-order valence-electron chi connectivity index (χ0n) is 12.7. The van der Waals surface area contributed by atoms with Crippen molar-refractivity contribution in [3.8, 4) is 5.88 Å². The summed E-state index contributed by atoms with van der Waals surface area (Å²) in [5, 5.41) is 2.59. The van der Waals surface area contributed by atoms with E-state index in [2.05, 4.69) is 10.3 Å². The molecule has 0 saturated carbocycles. The summed E-state index contributed by atoms with van der Waals surface area (Å²) in [5.74, 6) is -0.0872. The number of benzene rings is 1. The Bertz CT molecular complexity index is 718. The number of hydrogen-bond donors (Lipinski definition) is 1. The molecular weight excluding hydrogens is 318 g/mol. The summed E-state index contributed by atoms with van der Waals surface area (Å²) in [7, 11) is 0. The van der Waals surface area contributed by atoms with Gasteiger partial charge in [0.1, 0.15) is 6.10 Å². The summed E-state index contributed by atoms with van der Waals surface area (Å²) < 4.78 is 36.3. The number of amides is 1. The Hall–Kier alpha value is -2.54. The molecule has 1 aliphatic heterocycles. The number of carbonyl (C=O) groups excluding carboxylic acids is 1. The van der Waals surface area contributed by atoms with Crippen molar-refractivity contribution in [3.05, 3.63) is 53.7 Å².